The average molecular weight is 479 g/mol. The smallest absolute Gasteiger partial charge is 0.417 e. The summed E-state index contributed by atoms with van der Waals surface area (Å²) in [5, 5.41) is 9.09. The van der Waals surface area contributed by atoms with Gasteiger partial charge in [-0.1, -0.05) is 23.7 Å². The summed E-state index contributed by atoms with van der Waals surface area (Å²) >= 11 is 5.61. The number of aryl methyl sites for hydroxylation is 1. The van der Waals surface area contributed by atoms with Crippen LogP contribution in [0.5, 0.6) is 5.75 Å². The van der Waals surface area contributed by atoms with Gasteiger partial charge in [0.05, 0.1) is 29.8 Å². The molecule has 1 unspecified atom stereocenters. The minimum absolute atomic E-state index is 0.0796. The van der Waals surface area contributed by atoms with E-state index in [1.807, 2.05) is 6.07 Å². The number of anilines is 2. The third kappa shape index (κ3) is 4.38. The van der Waals surface area contributed by atoms with E-state index < -0.39 is 34.6 Å². The van der Waals surface area contributed by atoms with Crippen molar-refractivity contribution in [1.82, 2.24) is 9.78 Å². The Bertz CT molecular complexity index is 1260. The predicted molar refractivity (Wildman–Crippen MR) is 116 cm³/mol. The molecule has 1 aromatic heterocycles. The Kier molecular flexibility index (Phi) is 5.79. The number of ether oxygens (including phenoxy) is 1. The Balaban J connectivity index is 1.57. The molecule has 172 valence electrons. The molecule has 0 aliphatic carbocycles. The van der Waals surface area contributed by atoms with Crippen LogP contribution in [0.4, 0.5) is 24.7 Å². The Labute approximate surface area is 191 Å². The second-order valence-electron chi connectivity index (χ2n) is 7.44. The van der Waals surface area contributed by atoms with E-state index in [4.69, 9.17) is 16.3 Å². The molecule has 0 saturated heterocycles. The van der Waals surface area contributed by atoms with Gasteiger partial charge in [0.25, 0.3) is 5.91 Å². The third-order valence-corrected chi connectivity index (χ3v) is 5.55. The van der Waals surface area contributed by atoms with Gasteiger partial charge in [-0.25, -0.2) is 4.68 Å². The summed E-state index contributed by atoms with van der Waals surface area (Å²) in [6.07, 6.45) is -4.98. The highest BCUT2D eigenvalue weighted by Gasteiger charge is 2.37. The zero-order chi connectivity index (χ0) is 23.9. The molecule has 2 N–H and O–H groups in total. The molecule has 33 heavy (non-hydrogen) atoms. The molecule has 1 atom stereocenters. The van der Waals surface area contributed by atoms with Gasteiger partial charge in [-0.15, -0.1) is 0 Å². The van der Waals surface area contributed by atoms with Gasteiger partial charge >= 0.3 is 6.18 Å². The summed E-state index contributed by atoms with van der Waals surface area (Å²) in [5.74, 6) is -0.0129. The van der Waals surface area contributed by atoms with Crippen molar-refractivity contribution in [3.05, 3.63) is 58.7 Å². The lowest BCUT2D eigenvalue weighted by molar-refractivity contribution is -0.137. The molecule has 11 heteroatoms. The minimum atomic E-state index is -4.67. The monoisotopic (exact) mass is 478 g/mol. The maximum Gasteiger partial charge on any atom is 0.417 e. The quantitative estimate of drug-likeness (QED) is 0.536. The highest BCUT2D eigenvalue weighted by atomic mass is 35.5. The molecule has 1 aliphatic rings. The molecule has 4 rings (SSSR count). The first-order valence-corrected chi connectivity index (χ1v) is 10.2. The van der Waals surface area contributed by atoms with Crippen LogP contribution in [0.1, 0.15) is 23.7 Å². The summed E-state index contributed by atoms with van der Waals surface area (Å²) < 4.78 is 45.9. The number of fused-ring (bicyclic) bond motifs is 1. The standard InChI is InChI=1S/C22H18ClF3N4O3/c1-11-19(12-4-3-5-14(8-12)33-2)20-28-21(32)17(30(20)29-11)10-18(31)27-13-6-7-16(23)15(9-13)22(24,25)26/h3-9,17H,10H2,1-2H3,(H,27,31)(H,28,32). The zero-order valence-corrected chi connectivity index (χ0v) is 18.2. The largest absolute Gasteiger partial charge is 0.497 e. The van der Waals surface area contributed by atoms with Crippen LogP contribution in [0.3, 0.4) is 0 Å². The lowest BCUT2D eigenvalue weighted by atomic mass is 10.1. The number of nitrogens with zero attached hydrogens (tertiary/aromatic N) is 2. The summed E-state index contributed by atoms with van der Waals surface area (Å²) in [7, 11) is 1.54. The lowest BCUT2D eigenvalue weighted by Gasteiger charge is -2.13. The lowest BCUT2D eigenvalue weighted by Crippen LogP contribution is -2.24. The van der Waals surface area contributed by atoms with Gasteiger partial charge in [0.1, 0.15) is 17.6 Å². The topological polar surface area (TPSA) is 85.2 Å². The van der Waals surface area contributed by atoms with Crippen LogP contribution in [0.2, 0.25) is 5.02 Å². The fourth-order valence-corrected chi connectivity index (χ4v) is 3.94. The van der Waals surface area contributed by atoms with Crippen molar-refractivity contribution < 1.29 is 27.5 Å². The maximum absolute atomic E-state index is 13.1. The molecule has 2 aromatic carbocycles. The van der Waals surface area contributed by atoms with Crippen molar-refractivity contribution in [2.75, 3.05) is 17.7 Å². The van der Waals surface area contributed by atoms with E-state index in [1.165, 1.54) is 10.7 Å². The molecule has 0 bridgehead atoms. The number of halogens is 4. The van der Waals surface area contributed by atoms with Gasteiger partial charge in [-0.2, -0.15) is 18.3 Å². The number of alkyl halides is 3. The highest BCUT2D eigenvalue weighted by Crippen LogP contribution is 2.39. The summed E-state index contributed by atoms with van der Waals surface area (Å²) in [6.45, 7) is 1.77. The van der Waals surface area contributed by atoms with Crippen molar-refractivity contribution in [2.24, 2.45) is 0 Å². The fraction of sp³-hybridized carbons (Fsp3) is 0.227. The van der Waals surface area contributed by atoms with E-state index >= 15 is 0 Å². The minimum Gasteiger partial charge on any atom is -0.497 e. The number of carbonyl (C=O) groups excluding carboxylic acids is 2. The van der Waals surface area contributed by atoms with E-state index in [-0.39, 0.29) is 12.1 Å². The number of hydrogen-bond donors (Lipinski definition) is 2. The molecule has 1 aliphatic heterocycles. The van der Waals surface area contributed by atoms with Crippen molar-refractivity contribution in [1.29, 1.82) is 0 Å². The molecular formula is C22H18ClF3N4O3. The molecule has 2 amide bonds. The number of carbonyl (C=O) groups is 2. The highest BCUT2D eigenvalue weighted by molar-refractivity contribution is 6.31. The van der Waals surface area contributed by atoms with Crippen LogP contribution in [-0.2, 0) is 15.8 Å². The van der Waals surface area contributed by atoms with Crippen molar-refractivity contribution >= 4 is 34.9 Å². The van der Waals surface area contributed by atoms with E-state index in [0.29, 0.717) is 22.8 Å². The normalized spacial score (nSPS) is 15.2. The van der Waals surface area contributed by atoms with Crippen LogP contribution in [0.15, 0.2) is 42.5 Å². The van der Waals surface area contributed by atoms with Crippen molar-refractivity contribution in [3.63, 3.8) is 0 Å². The second-order valence-corrected chi connectivity index (χ2v) is 7.84. The van der Waals surface area contributed by atoms with E-state index in [1.54, 1.807) is 32.2 Å². The first kappa shape index (κ1) is 22.7. The molecule has 0 spiro atoms. The first-order chi connectivity index (χ1) is 15.6. The molecule has 0 saturated carbocycles. The Morgan fingerprint density at radius 1 is 1.27 bits per heavy atom. The summed E-state index contributed by atoms with van der Waals surface area (Å²) in [5.41, 5.74) is 0.964. The molecule has 0 radical (unpaired) electrons. The number of benzene rings is 2. The van der Waals surface area contributed by atoms with Crippen molar-refractivity contribution in [3.8, 4) is 16.9 Å². The molecule has 3 aromatic rings. The molecule has 7 nitrogen and oxygen atoms in total. The Hall–Kier alpha value is -3.53. The zero-order valence-electron chi connectivity index (χ0n) is 17.5. The van der Waals surface area contributed by atoms with Gasteiger partial charge in [0.2, 0.25) is 5.91 Å². The van der Waals surface area contributed by atoms with Gasteiger partial charge in [-0.05, 0) is 42.8 Å². The first-order valence-electron chi connectivity index (χ1n) is 9.79. The Morgan fingerprint density at radius 2 is 2.03 bits per heavy atom. The Morgan fingerprint density at radius 3 is 2.73 bits per heavy atom. The maximum atomic E-state index is 13.1. The predicted octanol–water partition coefficient (Wildman–Crippen LogP) is 5.06. The molecular weight excluding hydrogens is 461 g/mol. The van der Waals surface area contributed by atoms with E-state index in [9.17, 15) is 22.8 Å². The van der Waals surface area contributed by atoms with E-state index in [0.717, 1.165) is 17.7 Å². The third-order valence-electron chi connectivity index (χ3n) is 5.22. The fourth-order valence-electron chi connectivity index (χ4n) is 3.72. The second kappa shape index (κ2) is 8.43. The van der Waals surface area contributed by atoms with Gasteiger partial charge in [0, 0.05) is 11.3 Å². The van der Waals surface area contributed by atoms with Crippen LogP contribution >= 0.6 is 11.6 Å². The van der Waals surface area contributed by atoms with E-state index in [2.05, 4.69) is 15.7 Å². The van der Waals surface area contributed by atoms with Crippen LogP contribution < -0.4 is 15.4 Å². The van der Waals surface area contributed by atoms with Crippen LogP contribution in [0.25, 0.3) is 11.1 Å². The number of hydrogen-bond acceptors (Lipinski definition) is 4. The number of nitrogens with one attached hydrogen (secondary N) is 2. The van der Waals surface area contributed by atoms with Crippen LogP contribution in [-0.4, -0.2) is 28.7 Å². The molecule has 2 heterocycles. The number of rotatable bonds is 5. The van der Waals surface area contributed by atoms with Crippen LogP contribution in [0, 0.1) is 6.92 Å². The molecule has 0 fully saturated rings. The van der Waals surface area contributed by atoms with Gasteiger partial charge in [-0.3, -0.25) is 9.59 Å². The average Bonchev–Trinajstić information content (AvgIpc) is 3.22. The van der Waals surface area contributed by atoms with Gasteiger partial charge < -0.3 is 15.4 Å². The van der Waals surface area contributed by atoms with Gasteiger partial charge in [0.15, 0.2) is 0 Å². The number of aromatic nitrogens is 2. The summed E-state index contributed by atoms with van der Waals surface area (Å²) in [6, 6.07) is 9.35. The number of amides is 2. The number of methoxy groups -OCH3 is 1. The summed E-state index contributed by atoms with van der Waals surface area (Å²) in [4.78, 5) is 25.1. The SMILES string of the molecule is COc1cccc(-c2c(C)nn3c2NC(=O)C3CC(=O)Nc2ccc(Cl)c(C(F)(F)F)c2)c1. The van der Waals surface area contributed by atoms with Crippen molar-refractivity contribution in [2.45, 2.75) is 25.6 Å².